The quantitative estimate of drug-likeness (QED) is 0.536. The van der Waals surface area contributed by atoms with Crippen molar-refractivity contribution in [1.29, 1.82) is 0 Å². The third-order valence-electron chi connectivity index (χ3n) is 4.29. The van der Waals surface area contributed by atoms with Crippen LogP contribution < -0.4 is 5.32 Å². The van der Waals surface area contributed by atoms with E-state index in [2.05, 4.69) is 20.3 Å². The van der Waals surface area contributed by atoms with Gasteiger partial charge >= 0.3 is 0 Å². The van der Waals surface area contributed by atoms with Crippen molar-refractivity contribution in [3.05, 3.63) is 72.2 Å². The molecule has 0 saturated carbocycles. The molecule has 0 saturated heterocycles. The molecular formula is C20H15FN4O3S. The number of anilines is 1. The van der Waals surface area contributed by atoms with Crippen LogP contribution >= 0.6 is 0 Å². The van der Waals surface area contributed by atoms with E-state index in [0.717, 1.165) is 6.26 Å². The summed E-state index contributed by atoms with van der Waals surface area (Å²) in [4.78, 5) is 24.4. The van der Waals surface area contributed by atoms with Crippen LogP contribution in [-0.4, -0.2) is 35.5 Å². The van der Waals surface area contributed by atoms with Crippen molar-refractivity contribution in [2.45, 2.75) is 4.90 Å². The summed E-state index contributed by atoms with van der Waals surface area (Å²) in [5.41, 5.74) is 1.77. The number of amides is 1. The Morgan fingerprint density at radius 3 is 2.52 bits per heavy atom. The van der Waals surface area contributed by atoms with Crippen molar-refractivity contribution in [2.24, 2.45) is 0 Å². The molecule has 2 aromatic carbocycles. The summed E-state index contributed by atoms with van der Waals surface area (Å²) < 4.78 is 37.1. The van der Waals surface area contributed by atoms with E-state index in [9.17, 15) is 17.6 Å². The number of hydrogen-bond acceptors (Lipinski definition) is 5. The Balaban J connectivity index is 1.73. The van der Waals surface area contributed by atoms with Gasteiger partial charge in [-0.15, -0.1) is 0 Å². The number of benzene rings is 2. The third kappa shape index (κ3) is 3.72. The van der Waals surface area contributed by atoms with Crippen molar-refractivity contribution in [3.8, 4) is 11.4 Å². The summed E-state index contributed by atoms with van der Waals surface area (Å²) in [7, 11) is -3.52. The van der Waals surface area contributed by atoms with Gasteiger partial charge < -0.3 is 10.3 Å². The molecule has 0 unspecified atom stereocenters. The first-order valence-electron chi connectivity index (χ1n) is 8.54. The van der Waals surface area contributed by atoms with Crippen molar-refractivity contribution < 1.29 is 17.6 Å². The Labute approximate surface area is 165 Å². The van der Waals surface area contributed by atoms with Gasteiger partial charge in [0.2, 0.25) is 0 Å². The van der Waals surface area contributed by atoms with Crippen LogP contribution in [0.1, 0.15) is 10.4 Å². The number of rotatable bonds is 4. The lowest BCUT2D eigenvalue weighted by Crippen LogP contribution is -2.15. The summed E-state index contributed by atoms with van der Waals surface area (Å²) in [5.74, 6) is -0.445. The molecule has 1 amide bonds. The molecule has 146 valence electrons. The molecule has 2 aromatic heterocycles. The van der Waals surface area contributed by atoms with Crippen molar-refractivity contribution in [1.82, 2.24) is 15.0 Å². The van der Waals surface area contributed by atoms with Gasteiger partial charge in [0.15, 0.2) is 15.5 Å². The lowest BCUT2D eigenvalue weighted by molar-refractivity contribution is 0.102. The largest absolute Gasteiger partial charge is 0.336 e. The van der Waals surface area contributed by atoms with Crippen molar-refractivity contribution >= 4 is 32.6 Å². The average molecular weight is 410 g/mol. The number of H-pyrrole nitrogens is 1. The zero-order chi connectivity index (χ0) is 20.6. The number of carbonyl (C=O) groups excluding carboxylic acids is 1. The minimum absolute atomic E-state index is 0.0234. The molecule has 4 aromatic rings. The predicted molar refractivity (Wildman–Crippen MR) is 107 cm³/mol. The van der Waals surface area contributed by atoms with Crippen LogP contribution in [0, 0.1) is 5.82 Å². The van der Waals surface area contributed by atoms with E-state index < -0.39 is 15.7 Å². The maximum absolute atomic E-state index is 13.2. The van der Waals surface area contributed by atoms with E-state index in [1.807, 2.05) is 0 Å². The zero-order valence-corrected chi connectivity index (χ0v) is 16.0. The topological polar surface area (TPSA) is 105 Å². The number of nitrogens with one attached hydrogen (secondary N) is 2. The first-order valence-corrected chi connectivity index (χ1v) is 10.4. The van der Waals surface area contributed by atoms with Crippen LogP contribution in [0.15, 0.2) is 65.7 Å². The number of pyridine rings is 1. The van der Waals surface area contributed by atoms with E-state index >= 15 is 0 Å². The molecule has 0 atom stereocenters. The molecule has 0 aliphatic heterocycles. The van der Waals surface area contributed by atoms with Gasteiger partial charge in [-0.2, -0.15) is 0 Å². The monoisotopic (exact) mass is 410 g/mol. The van der Waals surface area contributed by atoms with E-state index in [-0.39, 0.29) is 22.0 Å². The number of carbonyl (C=O) groups is 1. The van der Waals surface area contributed by atoms with Crippen LogP contribution in [0.25, 0.3) is 22.6 Å². The SMILES string of the molecule is CS(=O)(=O)c1ccccc1NC(=O)c1ccnc2nc(-c3ccc(F)cc3)[nH]c12. The fourth-order valence-corrected chi connectivity index (χ4v) is 3.77. The predicted octanol–water partition coefficient (Wildman–Crippen LogP) is 3.42. The molecule has 0 aliphatic carbocycles. The summed E-state index contributed by atoms with van der Waals surface area (Å²) in [6.45, 7) is 0. The Kier molecular flexibility index (Phi) is 4.59. The molecule has 9 heteroatoms. The first kappa shape index (κ1) is 18.8. The van der Waals surface area contributed by atoms with Gasteiger partial charge in [0.25, 0.3) is 5.91 Å². The Hall–Kier alpha value is -3.59. The number of para-hydroxylation sites is 1. The molecule has 0 aliphatic rings. The molecule has 0 radical (unpaired) electrons. The molecule has 0 spiro atoms. The number of aromatic amines is 1. The number of sulfone groups is 1. The highest BCUT2D eigenvalue weighted by molar-refractivity contribution is 7.90. The number of nitrogens with zero attached hydrogens (tertiary/aromatic N) is 2. The standard InChI is InChI=1S/C20H15FN4O3S/c1-29(27,28)16-5-3-2-4-15(16)23-20(26)14-10-11-22-19-17(14)24-18(25-19)12-6-8-13(21)9-7-12/h2-11H,1H3,(H,23,26)(H,22,24,25). The molecule has 0 bridgehead atoms. The minimum atomic E-state index is -3.52. The molecule has 2 N–H and O–H groups in total. The van der Waals surface area contributed by atoms with Crippen LogP contribution in [0.4, 0.5) is 10.1 Å². The molecule has 7 nitrogen and oxygen atoms in total. The van der Waals surface area contributed by atoms with Gasteiger partial charge in [0, 0.05) is 18.0 Å². The summed E-state index contributed by atoms with van der Waals surface area (Å²) in [6.07, 6.45) is 2.52. The highest BCUT2D eigenvalue weighted by Gasteiger charge is 2.19. The molecule has 0 fully saturated rings. The van der Waals surface area contributed by atoms with Gasteiger partial charge in [-0.25, -0.2) is 22.8 Å². The van der Waals surface area contributed by atoms with Crippen LogP contribution in [0.3, 0.4) is 0 Å². The van der Waals surface area contributed by atoms with Gasteiger partial charge in [0.1, 0.15) is 11.6 Å². The van der Waals surface area contributed by atoms with Gasteiger partial charge in [-0.05, 0) is 42.5 Å². The van der Waals surface area contributed by atoms with Crippen LogP contribution in [-0.2, 0) is 9.84 Å². The minimum Gasteiger partial charge on any atom is -0.336 e. The fraction of sp³-hybridized carbons (Fsp3) is 0.0500. The molecule has 29 heavy (non-hydrogen) atoms. The number of fused-ring (bicyclic) bond motifs is 1. The van der Waals surface area contributed by atoms with Crippen LogP contribution in [0.5, 0.6) is 0 Å². The van der Waals surface area contributed by atoms with E-state index in [1.165, 1.54) is 36.5 Å². The van der Waals surface area contributed by atoms with E-state index in [1.54, 1.807) is 24.3 Å². The van der Waals surface area contributed by atoms with Crippen molar-refractivity contribution in [2.75, 3.05) is 11.6 Å². The van der Waals surface area contributed by atoms with E-state index in [0.29, 0.717) is 22.6 Å². The Morgan fingerprint density at radius 1 is 1.07 bits per heavy atom. The maximum Gasteiger partial charge on any atom is 0.258 e. The number of aromatic nitrogens is 3. The van der Waals surface area contributed by atoms with E-state index in [4.69, 9.17) is 0 Å². The molecular weight excluding hydrogens is 395 g/mol. The zero-order valence-electron chi connectivity index (χ0n) is 15.2. The second-order valence-corrected chi connectivity index (χ2v) is 8.36. The molecule has 2 heterocycles. The Morgan fingerprint density at radius 2 is 1.79 bits per heavy atom. The smallest absolute Gasteiger partial charge is 0.258 e. The first-order chi connectivity index (χ1) is 13.8. The lowest BCUT2D eigenvalue weighted by Gasteiger charge is -2.10. The van der Waals surface area contributed by atoms with Crippen molar-refractivity contribution in [3.63, 3.8) is 0 Å². The average Bonchev–Trinajstić information content (AvgIpc) is 3.12. The van der Waals surface area contributed by atoms with Gasteiger partial charge in [-0.1, -0.05) is 12.1 Å². The normalized spacial score (nSPS) is 11.5. The number of halogens is 1. The summed E-state index contributed by atoms with van der Waals surface area (Å²) >= 11 is 0. The maximum atomic E-state index is 13.2. The number of imidazole rings is 1. The lowest BCUT2D eigenvalue weighted by atomic mass is 10.2. The van der Waals surface area contributed by atoms with Gasteiger partial charge in [-0.3, -0.25) is 4.79 Å². The summed E-state index contributed by atoms with van der Waals surface area (Å²) in [6, 6.07) is 13.4. The highest BCUT2D eigenvalue weighted by Crippen LogP contribution is 2.24. The number of hydrogen-bond donors (Lipinski definition) is 2. The molecule has 4 rings (SSSR count). The Bertz CT molecular complexity index is 1330. The second-order valence-electron chi connectivity index (χ2n) is 6.37. The third-order valence-corrected chi connectivity index (χ3v) is 5.44. The van der Waals surface area contributed by atoms with Crippen LogP contribution in [0.2, 0.25) is 0 Å². The van der Waals surface area contributed by atoms with Gasteiger partial charge in [0.05, 0.1) is 21.7 Å². The second kappa shape index (κ2) is 7.10. The summed E-state index contributed by atoms with van der Waals surface area (Å²) in [5, 5.41) is 2.64. The fourth-order valence-electron chi connectivity index (χ4n) is 2.93. The highest BCUT2D eigenvalue weighted by atomic mass is 32.2.